The highest BCUT2D eigenvalue weighted by Crippen LogP contribution is 2.31. The number of aromatic carboxylic acids is 1. The van der Waals surface area contributed by atoms with Crippen molar-refractivity contribution in [3.05, 3.63) is 33.7 Å². The Kier molecular flexibility index (Phi) is 3.44. The first-order chi connectivity index (χ1) is 8.11. The quantitative estimate of drug-likeness (QED) is 0.944. The average molecular weight is 314 g/mol. The van der Waals surface area contributed by atoms with Crippen molar-refractivity contribution in [2.45, 2.75) is 0 Å². The maximum atomic E-state index is 10.7. The molecule has 0 saturated heterocycles. The van der Waals surface area contributed by atoms with E-state index in [0.717, 1.165) is 15.8 Å². The summed E-state index contributed by atoms with van der Waals surface area (Å²) in [5.41, 5.74) is 0.923. The first-order valence-corrected chi connectivity index (χ1v) is 6.32. The zero-order valence-electron chi connectivity index (χ0n) is 8.81. The van der Waals surface area contributed by atoms with Gasteiger partial charge in [-0.3, -0.25) is 0 Å². The molecule has 0 bridgehead atoms. The van der Waals surface area contributed by atoms with E-state index in [0.29, 0.717) is 5.01 Å². The van der Waals surface area contributed by atoms with Crippen LogP contribution in [0.25, 0.3) is 10.6 Å². The van der Waals surface area contributed by atoms with Gasteiger partial charge < -0.3 is 9.84 Å². The molecule has 0 aliphatic carbocycles. The minimum atomic E-state index is -1.01. The second kappa shape index (κ2) is 4.85. The van der Waals surface area contributed by atoms with Gasteiger partial charge in [0.1, 0.15) is 10.8 Å². The van der Waals surface area contributed by atoms with Crippen molar-refractivity contribution in [2.24, 2.45) is 0 Å². The van der Waals surface area contributed by atoms with Gasteiger partial charge in [0.25, 0.3) is 0 Å². The normalized spacial score (nSPS) is 10.2. The molecule has 0 aliphatic rings. The molecule has 2 aromatic rings. The van der Waals surface area contributed by atoms with E-state index >= 15 is 0 Å². The SMILES string of the molecule is COc1ccc(-c2nc(C(=O)O)cs2)cc1Br. The number of ether oxygens (including phenoxy) is 1. The first-order valence-electron chi connectivity index (χ1n) is 4.64. The Bertz CT molecular complexity index is 568. The van der Waals surface area contributed by atoms with E-state index in [1.54, 1.807) is 13.2 Å². The Morgan fingerprint density at radius 1 is 1.53 bits per heavy atom. The number of carboxylic acids is 1. The molecule has 1 aromatic heterocycles. The van der Waals surface area contributed by atoms with E-state index < -0.39 is 5.97 Å². The Balaban J connectivity index is 2.39. The Hall–Kier alpha value is -1.40. The largest absolute Gasteiger partial charge is 0.496 e. The highest BCUT2D eigenvalue weighted by Gasteiger charge is 2.11. The predicted octanol–water partition coefficient (Wildman–Crippen LogP) is 3.28. The number of hydrogen-bond donors (Lipinski definition) is 1. The van der Waals surface area contributed by atoms with Crippen molar-refractivity contribution < 1.29 is 14.6 Å². The maximum Gasteiger partial charge on any atom is 0.355 e. The molecule has 0 fully saturated rings. The summed E-state index contributed by atoms with van der Waals surface area (Å²) in [6, 6.07) is 5.50. The van der Waals surface area contributed by atoms with Gasteiger partial charge in [-0.25, -0.2) is 9.78 Å². The van der Waals surface area contributed by atoms with Crippen molar-refractivity contribution in [3.63, 3.8) is 0 Å². The van der Waals surface area contributed by atoms with Crippen LogP contribution in [0.2, 0.25) is 0 Å². The smallest absolute Gasteiger partial charge is 0.355 e. The molecule has 0 aliphatic heterocycles. The second-order valence-corrected chi connectivity index (χ2v) is 4.90. The number of thiazole rings is 1. The van der Waals surface area contributed by atoms with Gasteiger partial charge in [0.05, 0.1) is 11.6 Å². The minimum Gasteiger partial charge on any atom is -0.496 e. The first kappa shape index (κ1) is 12.1. The predicted molar refractivity (Wildman–Crippen MR) is 68.8 cm³/mol. The number of halogens is 1. The fraction of sp³-hybridized carbons (Fsp3) is 0.0909. The van der Waals surface area contributed by atoms with Crippen LogP contribution in [0.15, 0.2) is 28.1 Å². The van der Waals surface area contributed by atoms with Gasteiger partial charge in [-0.1, -0.05) is 0 Å². The molecule has 0 atom stereocenters. The van der Waals surface area contributed by atoms with Crippen LogP contribution in [-0.4, -0.2) is 23.2 Å². The second-order valence-electron chi connectivity index (χ2n) is 3.19. The number of nitrogens with zero attached hydrogens (tertiary/aromatic N) is 1. The Morgan fingerprint density at radius 2 is 2.29 bits per heavy atom. The summed E-state index contributed by atoms with van der Waals surface area (Å²) in [6.45, 7) is 0. The molecule has 2 rings (SSSR count). The summed E-state index contributed by atoms with van der Waals surface area (Å²) in [6.07, 6.45) is 0. The van der Waals surface area contributed by atoms with E-state index in [-0.39, 0.29) is 5.69 Å². The highest BCUT2D eigenvalue weighted by atomic mass is 79.9. The van der Waals surface area contributed by atoms with Crippen LogP contribution in [0, 0.1) is 0 Å². The third-order valence-corrected chi connectivity index (χ3v) is 3.63. The van der Waals surface area contributed by atoms with Crippen LogP contribution in [-0.2, 0) is 0 Å². The van der Waals surface area contributed by atoms with E-state index in [1.165, 1.54) is 16.7 Å². The summed E-state index contributed by atoms with van der Waals surface area (Å²) < 4.78 is 5.93. The molecule has 0 radical (unpaired) electrons. The standard InChI is InChI=1S/C11H8BrNO3S/c1-16-9-3-2-6(4-7(9)12)10-13-8(5-17-10)11(14)15/h2-5H,1H3,(H,14,15). The average Bonchev–Trinajstić information content (AvgIpc) is 2.78. The molecule has 4 nitrogen and oxygen atoms in total. The van der Waals surface area contributed by atoms with Crippen molar-refractivity contribution in [3.8, 4) is 16.3 Å². The van der Waals surface area contributed by atoms with Crippen molar-refractivity contribution in [2.75, 3.05) is 7.11 Å². The van der Waals surface area contributed by atoms with E-state index in [4.69, 9.17) is 9.84 Å². The summed E-state index contributed by atoms with van der Waals surface area (Å²) in [7, 11) is 1.59. The van der Waals surface area contributed by atoms with Crippen LogP contribution in [0.5, 0.6) is 5.75 Å². The molecule has 0 spiro atoms. The van der Waals surface area contributed by atoms with E-state index in [2.05, 4.69) is 20.9 Å². The monoisotopic (exact) mass is 313 g/mol. The molecule has 0 unspecified atom stereocenters. The molecule has 1 N–H and O–H groups in total. The molecule has 1 heterocycles. The maximum absolute atomic E-state index is 10.7. The molecule has 0 amide bonds. The molecule has 1 aromatic carbocycles. The zero-order chi connectivity index (χ0) is 12.4. The molecule has 17 heavy (non-hydrogen) atoms. The fourth-order valence-electron chi connectivity index (χ4n) is 1.30. The molecular weight excluding hydrogens is 306 g/mol. The van der Waals surface area contributed by atoms with Crippen molar-refractivity contribution in [1.82, 2.24) is 4.98 Å². The topological polar surface area (TPSA) is 59.4 Å². The number of methoxy groups -OCH3 is 1. The number of aromatic nitrogens is 1. The Labute approximate surface area is 110 Å². The van der Waals surface area contributed by atoms with Gasteiger partial charge in [0.2, 0.25) is 0 Å². The summed E-state index contributed by atoms with van der Waals surface area (Å²) in [4.78, 5) is 14.8. The molecular formula is C11H8BrNO3S. The van der Waals surface area contributed by atoms with Gasteiger partial charge >= 0.3 is 5.97 Å². The summed E-state index contributed by atoms with van der Waals surface area (Å²) in [5, 5.41) is 11.0. The number of carboxylic acid groups (broad SMARTS) is 1. The lowest BCUT2D eigenvalue weighted by Crippen LogP contribution is -1.95. The van der Waals surface area contributed by atoms with Gasteiger partial charge in [-0.15, -0.1) is 11.3 Å². The lowest BCUT2D eigenvalue weighted by Gasteiger charge is -2.03. The van der Waals surface area contributed by atoms with Crippen LogP contribution in [0.4, 0.5) is 0 Å². The molecule has 6 heteroatoms. The molecule has 0 saturated carbocycles. The third kappa shape index (κ3) is 2.48. The van der Waals surface area contributed by atoms with Crippen LogP contribution in [0.1, 0.15) is 10.5 Å². The highest BCUT2D eigenvalue weighted by molar-refractivity contribution is 9.10. The number of rotatable bonds is 3. The summed E-state index contributed by atoms with van der Waals surface area (Å²) in [5.74, 6) is -0.288. The van der Waals surface area contributed by atoms with Crippen LogP contribution >= 0.6 is 27.3 Å². The lowest BCUT2D eigenvalue weighted by molar-refractivity contribution is 0.0691. The molecule has 88 valence electrons. The van der Waals surface area contributed by atoms with Gasteiger partial charge in [-0.05, 0) is 34.1 Å². The van der Waals surface area contributed by atoms with Gasteiger partial charge in [-0.2, -0.15) is 0 Å². The van der Waals surface area contributed by atoms with Crippen molar-refractivity contribution in [1.29, 1.82) is 0 Å². The number of hydrogen-bond acceptors (Lipinski definition) is 4. The fourth-order valence-corrected chi connectivity index (χ4v) is 2.64. The Morgan fingerprint density at radius 3 is 2.82 bits per heavy atom. The minimum absolute atomic E-state index is 0.0666. The van der Waals surface area contributed by atoms with E-state index in [9.17, 15) is 4.79 Å². The van der Waals surface area contributed by atoms with E-state index in [1.807, 2.05) is 12.1 Å². The van der Waals surface area contributed by atoms with Crippen LogP contribution < -0.4 is 4.74 Å². The lowest BCUT2D eigenvalue weighted by atomic mass is 10.2. The van der Waals surface area contributed by atoms with Crippen molar-refractivity contribution >= 4 is 33.2 Å². The number of carbonyl (C=O) groups is 1. The zero-order valence-corrected chi connectivity index (χ0v) is 11.2. The van der Waals surface area contributed by atoms with Gasteiger partial charge in [0, 0.05) is 10.9 Å². The summed E-state index contributed by atoms with van der Waals surface area (Å²) >= 11 is 4.68. The third-order valence-electron chi connectivity index (χ3n) is 2.12. The van der Waals surface area contributed by atoms with Gasteiger partial charge in [0.15, 0.2) is 5.69 Å². The number of benzene rings is 1. The van der Waals surface area contributed by atoms with Crippen LogP contribution in [0.3, 0.4) is 0 Å².